The fraction of sp³-hybridized carbons (Fsp3) is 0.150. The van der Waals surface area contributed by atoms with Crippen molar-refractivity contribution in [3.63, 3.8) is 0 Å². The third kappa shape index (κ3) is 3.50. The topological polar surface area (TPSA) is 103 Å². The van der Waals surface area contributed by atoms with E-state index in [1.54, 1.807) is 48.5 Å². The summed E-state index contributed by atoms with van der Waals surface area (Å²) in [5.41, 5.74) is 1.18. The summed E-state index contributed by atoms with van der Waals surface area (Å²) in [6.07, 6.45) is 0. The molecule has 0 saturated carbocycles. The van der Waals surface area contributed by atoms with Crippen molar-refractivity contribution in [2.24, 2.45) is 0 Å². The van der Waals surface area contributed by atoms with Gasteiger partial charge in [-0.25, -0.2) is 4.79 Å². The largest absolute Gasteiger partial charge is 0.454 e. The van der Waals surface area contributed by atoms with Crippen molar-refractivity contribution in [1.29, 1.82) is 0 Å². The van der Waals surface area contributed by atoms with Gasteiger partial charge in [0.05, 0.1) is 11.1 Å². The molecule has 0 spiro atoms. The minimum absolute atomic E-state index is 0.0721. The van der Waals surface area contributed by atoms with Crippen LogP contribution < -0.4 is 0 Å². The molecule has 0 saturated heterocycles. The van der Waals surface area contributed by atoms with Crippen LogP contribution in [0.2, 0.25) is 5.02 Å². The number of benzene rings is 2. The highest BCUT2D eigenvalue weighted by Gasteiger charge is 2.41. The van der Waals surface area contributed by atoms with Crippen LogP contribution in [0.25, 0.3) is 11.4 Å². The lowest BCUT2D eigenvalue weighted by atomic mass is 10.1. The van der Waals surface area contributed by atoms with Crippen LogP contribution in [0.4, 0.5) is 0 Å². The van der Waals surface area contributed by atoms with Gasteiger partial charge in [-0.2, -0.15) is 4.98 Å². The molecule has 9 heteroatoms. The van der Waals surface area contributed by atoms with Crippen molar-refractivity contribution in [3.8, 4) is 11.4 Å². The molecule has 0 unspecified atom stereocenters. The van der Waals surface area contributed by atoms with E-state index < -0.39 is 23.8 Å². The highest BCUT2D eigenvalue weighted by molar-refractivity contribution is 6.30. The number of rotatable bonds is 5. The number of hydrogen-bond donors (Lipinski definition) is 0. The molecule has 146 valence electrons. The van der Waals surface area contributed by atoms with E-state index in [0.717, 1.165) is 4.90 Å². The first-order valence-corrected chi connectivity index (χ1v) is 9.05. The predicted molar refractivity (Wildman–Crippen MR) is 101 cm³/mol. The first kappa shape index (κ1) is 18.8. The van der Waals surface area contributed by atoms with E-state index in [4.69, 9.17) is 20.9 Å². The van der Waals surface area contributed by atoms with Crippen molar-refractivity contribution >= 4 is 29.4 Å². The summed E-state index contributed by atoms with van der Waals surface area (Å²) in [4.78, 5) is 42.4. The highest BCUT2D eigenvalue weighted by Crippen LogP contribution is 2.25. The van der Waals surface area contributed by atoms with Crippen LogP contribution in [0.5, 0.6) is 0 Å². The molecular formula is C20H14ClN3O5. The van der Waals surface area contributed by atoms with E-state index in [0.29, 0.717) is 16.4 Å². The third-order valence-electron chi connectivity index (χ3n) is 4.44. The minimum Gasteiger partial charge on any atom is -0.454 e. The van der Waals surface area contributed by atoms with Gasteiger partial charge in [-0.05, 0) is 31.2 Å². The lowest BCUT2D eigenvalue weighted by Gasteiger charge is -2.20. The Hall–Kier alpha value is -3.52. The number of nitrogens with zero attached hydrogens (tertiary/aromatic N) is 3. The Morgan fingerprint density at radius 2 is 1.83 bits per heavy atom. The second kappa shape index (κ2) is 7.48. The van der Waals surface area contributed by atoms with Gasteiger partial charge in [-0.15, -0.1) is 0 Å². The maximum atomic E-state index is 12.5. The molecule has 1 aliphatic heterocycles. The number of fused-ring (bicyclic) bond motifs is 1. The van der Waals surface area contributed by atoms with E-state index in [2.05, 4.69) is 10.1 Å². The molecule has 29 heavy (non-hydrogen) atoms. The molecule has 1 aromatic heterocycles. The zero-order chi connectivity index (χ0) is 20.5. The summed E-state index contributed by atoms with van der Waals surface area (Å²) in [6.45, 7) is 1.13. The molecule has 2 amide bonds. The number of imide groups is 1. The van der Waals surface area contributed by atoms with Crippen LogP contribution in [-0.2, 0) is 16.1 Å². The standard InChI is InChI=1S/C20H14ClN3O5/c1-11(24-18(25)14-7-2-3-8-15(14)19(24)26)20(27)28-10-16-22-17(23-29-16)12-5-4-6-13(21)9-12/h2-9,11H,10H2,1H3/t11-/m1/s1. The molecule has 2 aromatic carbocycles. The summed E-state index contributed by atoms with van der Waals surface area (Å²) < 4.78 is 10.2. The van der Waals surface area contributed by atoms with Crippen molar-refractivity contribution in [2.45, 2.75) is 19.6 Å². The van der Waals surface area contributed by atoms with Gasteiger partial charge in [0, 0.05) is 10.6 Å². The van der Waals surface area contributed by atoms with Crippen LogP contribution >= 0.6 is 11.6 Å². The second-order valence-electron chi connectivity index (χ2n) is 6.33. The predicted octanol–water partition coefficient (Wildman–Crippen LogP) is 3.12. The van der Waals surface area contributed by atoms with Crippen molar-refractivity contribution in [3.05, 3.63) is 70.6 Å². The number of halogens is 1. The summed E-state index contributed by atoms with van der Waals surface area (Å²) in [6, 6.07) is 12.2. The van der Waals surface area contributed by atoms with Crippen LogP contribution in [0, 0.1) is 0 Å². The maximum Gasteiger partial charge on any atom is 0.329 e. The molecule has 2 heterocycles. The molecule has 0 fully saturated rings. The molecule has 8 nitrogen and oxygen atoms in total. The third-order valence-corrected chi connectivity index (χ3v) is 4.68. The summed E-state index contributed by atoms with van der Waals surface area (Å²) in [5, 5.41) is 4.35. The Kier molecular flexibility index (Phi) is 4.85. The Morgan fingerprint density at radius 3 is 2.48 bits per heavy atom. The highest BCUT2D eigenvalue weighted by atomic mass is 35.5. The van der Waals surface area contributed by atoms with E-state index in [9.17, 15) is 14.4 Å². The zero-order valence-electron chi connectivity index (χ0n) is 15.2. The van der Waals surface area contributed by atoms with Gasteiger partial charge in [0.15, 0.2) is 6.61 Å². The summed E-state index contributed by atoms with van der Waals surface area (Å²) >= 11 is 5.94. The quantitative estimate of drug-likeness (QED) is 0.469. The van der Waals surface area contributed by atoms with E-state index in [1.165, 1.54) is 6.92 Å². The number of carbonyl (C=O) groups is 3. The molecular weight excluding hydrogens is 398 g/mol. The second-order valence-corrected chi connectivity index (χ2v) is 6.77. The SMILES string of the molecule is C[C@H](C(=O)OCc1nc(-c2cccc(Cl)c2)no1)N1C(=O)c2ccccc2C1=O. The van der Waals surface area contributed by atoms with E-state index in [1.807, 2.05) is 0 Å². The first-order valence-electron chi connectivity index (χ1n) is 8.68. The Labute approximate surface area is 170 Å². The normalized spacial score (nSPS) is 14.1. The molecule has 0 radical (unpaired) electrons. The smallest absolute Gasteiger partial charge is 0.329 e. The molecule has 4 rings (SSSR count). The molecule has 0 aliphatic carbocycles. The van der Waals surface area contributed by atoms with Crippen LogP contribution in [0.3, 0.4) is 0 Å². The van der Waals surface area contributed by atoms with Crippen molar-refractivity contribution in [1.82, 2.24) is 15.0 Å². The molecule has 1 aliphatic rings. The number of aromatic nitrogens is 2. The summed E-state index contributed by atoms with van der Waals surface area (Å²) in [7, 11) is 0. The number of carbonyl (C=O) groups excluding carboxylic acids is 3. The number of amides is 2. The van der Waals surface area contributed by atoms with Gasteiger partial charge in [0.1, 0.15) is 6.04 Å². The average Bonchev–Trinajstić information content (AvgIpc) is 3.29. The van der Waals surface area contributed by atoms with Gasteiger partial charge in [-0.3, -0.25) is 14.5 Å². The number of hydrogen-bond acceptors (Lipinski definition) is 7. The Balaban J connectivity index is 1.42. The lowest BCUT2D eigenvalue weighted by molar-refractivity contribution is -0.149. The monoisotopic (exact) mass is 411 g/mol. The maximum absolute atomic E-state index is 12.5. The molecule has 3 aromatic rings. The molecule has 1 atom stereocenters. The number of ether oxygens (including phenoxy) is 1. The van der Waals surface area contributed by atoms with Crippen molar-refractivity contribution in [2.75, 3.05) is 0 Å². The van der Waals surface area contributed by atoms with Gasteiger partial charge in [0.25, 0.3) is 17.7 Å². The Morgan fingerprint density at radius 1 is 1.14 bits per heavy atom. The van der Waals surface area contributed by atoms with E-state index in [-0.39, 0.29) is 23.6 Å². The van der Waals surface area contributed by atoms with Crippen LogP contribution in [0.15, 0.2) is 53.1 Å². The lowest BCUT2D eigenvalue weighted by Crippen LogP contribution is -2.43. The van der Waals surface area contributed by atoms with Crippen molar-refractivity contribution < 1.29 is 23.6 Å². The first-order chi connectivity index (χ1) is 14.0. The fourth-order valence-corrected chi connectivity index (χ4v) is 3.17. The number of esters is 1. The fourth-order valence-electron chi connectivity index (χ4n) is 2.98. The zero-order valence-corrected chi connectivity index (χ0v) is 15.9. The van der Waals surface area contributed by atoms with Crippen LogP contribution in [0.1, 0.15) is 33.5 Å². The Bertz CT molecular complexity index is 1090. The summed E-state index contributed by atoms with van der Waals surface area (Å²) in [5.74, 6) is -1.45. The average molecular weight is 412 g/mol. The van der Waals surface area contributed by atoms with E-state index >= 15 is 0 Å². The molecule has 0 N–H and O–H groups in total. The van der Waals surface area contributed by atoms with Gasteiger partial charge < -0.3 is 9.26 Å². The van der Waals surface area contributed by atoms with Crippen LogP contribution in [-0.4, -0.2) is 38.9 Å². The molecule has 0 bridgehead atoms. The van der Waals surface area contributed by atoms with Gasteiger partial charge >= 0.3 is 5.97 Å². The minimum atomic E-state index is -1.10. The van der Waals surface area contributed by atoms with Gasteiger partial charge in [0.2, 0.25) is 5.82 Å². The van der Waals surface area contributed by atoms with Gasteiger partial charge in [-0.1, -0.05) is 41.0 Å².